The number of anilines is 2. The summed E-state index contributed by atoms with van der Waals surface area (Å²) in [7, 11) is 0. The average Bonchev–Trinajstić information content (AvgIpc) is 3.80. The minimum atomic E-state index is -0.439. The van der Waals surface area contributed by atoms with Crippen LogP contribution in [0.2, 0.25) is 0 Å². The van der Waals surface area contributed by atoms with Gasteiger partial charge in [0.15, 0.2) is 6.29 Å². The number of piperazine rings is 1. The summed E-state index contributed by atoms with van der Waals surface area (Å²) >= 11 is 0. The van der Waals surface area contributed by atoms with Crippen LogP contribution in [0.5, 0.6) is 5.75 Å². The molecule has 2 aromatic carbocycles. The Labute approximate surface area is 249 Å². The summed E-state index contributed by atoms with van der Waals surface area (Å²) < 4.78 is 35.5. The summed E-state index contributed by atoms with van der Waals surface area (Å²) in [6.45, 7) is 8.03. The number of benzene rings is 2. The number of halogens is 1. The zero-order chi connectivity index (χ0) is 29.8. The van der Waals surface area contributed by atoms with Gasteiger partial charge < -0.3 is 24.0 Å². The number of hydrogen-bond acceptors (Lipinski definition) is 9. The first kappa shape index (κ1) is 28.9. The van der Waals surface area contributed by atoms with E-state index in [9.17, 15) is 4.79 Å². The molecule has 4 aromatic rings. The molecular formula is C30H37FN8O4. The van der Waals surface area contributed by atoms with Crippen molar-refractivity contribution in [1.82, 2.24) is 29.3 Å². The summed E-state index contributed by atoms with van der Waals surface area (Å²) in [5.41, 5.74) is 2.28. The first-order valence-corrected chi connectivity index (χ1v) is 14.8. The van der Waals surface area contributed by atoms with Gasteiger partial charge in [-0.1, -0.05) is 13.8 Å². The summed E-state index contributed by atoms with van der Waals surface area (Å²) in [4.78, 5) is 18.7. The van der Waals surface area contributed by atoms with Crippen LogP contribution < -0.4 is 20.2 Å². The van der Waals surface area contributed by atoms with Crippen LogP contribution in [-0.2, 0) is 16.0 Å². The summed E-state index contributed by atoms with van der Waals surface area (Å²) in [5.74, 6) is 0.131. The molecule has 228 valence electrons. The van der Waals surface area contributed by atoms with Crippen molar-refractivity contribution in [1.29, 1.82) is 0 Å². The van der Waals surface area contributed by atoms with E-state index in [1.54, 1.807) is 40.1 Å². The smallest absolute Gasteiger partial charge is 0.350 e. The Balaban J connectivity index is 0.997. The van der Waals surface area contributed by atoms with Crippen LogP contribution in [-0.4, -0.2) is 81.1 Å². The van der Waals surface area contributed by atoms with Crippen LogP contribution in [0, 0.1) is 5.82 Å². The summed E-state index contributed by atoms with van der Waals surface area (Å²) in [6.07, 6.45) is 5.82. The molecule has 6 rings (SSSR count). The van der Waals surface area contributed by atoms with E-state index in [1.807, 2.05) is 24.3 Å². The lowest BCUT2D eigenvalue weighted by Crippen LogP contribution is -2.46. The van der Waals surface area contributed by atoms with Gasteiger partial charge >= 0.3 is 5.69 Å². The predicted molar refractivity (Wildman–Crippen MR) is 158 cm³/mol. The maximum absolute atomic E-state index is 15.1. The topological polar surface area (TPSA) is 105 Å². The van der Waals surface area contributed by atoms with Crippen molar-refractivity contribution >= 4 is 11.4 Å². The van der Waals surface area contributed by atoms with E-state index in [4.69, 9.17) is 14.2 Å². The van der Waals surface area contributed by atoms with Gasteiger partial charge in [-0.25, -0.2) is 18.4 Å². The second-order valence-corrected chi connectivity index (χ2v) is 10.7. The van der Waals surface area contributed by atoms with Crippen LogP contribution in [0.25, 0.3) is 5.69 Å². The molecule has 0 aliphatic carbocycles. The minimum Gasteiger partial charge on any atom is -0.491 e. The molecule has 12 nitrogen and oxygen atoms in total. The summed E-state index contributed by atoms with van der Waals surface area (Å²) in [6, 6.07) is 13.0. The molecule has 2 atom stereocenters. The van der Waals surface area contributed by atoms with Gasteiger partial charge in [0.25, 0.3) is 0 Å². The fraction of sp³-hybridized carbons (Fsp3) is 0.467. The van der Waals surface area contributed by atoms with Gasteiger partial charge in [-0.05, 0) is 49.2 Å². The van der Waals surface area contributed by atoms with Crippen molar-refractivity contribution in [2.75, 3.05) is 49.2 Å². The molecule has 0 radical (unpaired) electrons. The summed E-state index contributed by atoms with van der Waals surface area (Å²) in [5, 5.41) is 12.4. The molecule has 2 aliphatic rings. The highest BCUT2D eigenvalue weighted by Crippen LogP contribution is 2.27. The monoisotopic (exact) mass is 592 g/mol. The van der Waals surface area contributed by atoms with Crippen LogP contribution in [0.1, 0.15) is 32.7 Å². The van der Waals surface area contributed by atoms with E-state index in [1.165, 1.54) is 10.9 Å². The molecule has 0 N–H and O–H groups in total. The van der Waals surface area contributed by atoms with Gasteiger partial charge in [0, 0.05) is 37.9 Å². The molecule has 0 saturated carbocycles. The average molecular weight is 593 g/mol. The largest absolute Gasteiger partial charge is 0.491 e. The highest BCUT2D eigenvalue weighted by Gasteiger charge is 2.28. The Morgan fingerprint density at radius 2 is 1.65 bits per heavy atom. The van der Waals surface area contributed by atoms with Gasteiger partial charge in [0.2, 0.25) is 0 Å². The lowest BCUT2D eigenvalue weighted by atomic mass is 10.2. The van der Waals surface area contributed by atoms with Crippen molar-refractivity contribution in [3.63, 3.8) is 0 Å². The standard InChI is InChI=1S/C30H37FN8O4/c1-3-22(4-2)39-30(40)37(21-34-39)24-7-5-23(6-8-24)35-13-15-36(16-14-35)28-10-9-25(17-27(28)31)41-19-26-20-42-29(43-26)18-38-32-11-12-33-38/h5-12,17,21-22,26,29H,3-4,13-16,18-20H2,1-2H3/t26-,29?/m0/s1. The molecule has 0 amide bonds. The van der Waals surface area contributed by atoms with Crippen molar-refractivity contribution < 1.29 is 18.6 Å². The van der Waals surface area contributed by atoms with Gasteiger partial charge in [0.1, 0.15) is 37.1 Å². The molecule has 2 fully saturated rings. The fourth-order valence-electron chi connectivity index (χ4n) is 5.59. The SMILES string of the molecule is CCC(CC)n1ncn(-c2ccc(N3CCN(c4ccc(OC[C@H]5COC(Cn6nccn6)O5)cc4F)CC3)cc2)c1=O. The van der Waals surface area contributed by atoms with Crippen LogP contribution in [0.15, 0.2) is 66.0 Å². The van der Waals surface area contributed by atoms with Crippen molar-refractivity contribution in [2.24, 2.45) is 0 Å². The van der Waals surface area contributed by atoms with Crippen LogP contribution in [0.4, 0.5) is 15.8 Å². The molecule has 13 heteroatoms. The Hall–Kier alpha value is -4.23. The quantitative estimate of drug-likeness (QED) is 0.260. The molecule has 0 bridgehead atoms. The molecule has 4 heterocycles. The van der Waals surface area contributed by atoms with Crippen molar-refractivity contribution in [3.05, 3.63) is 77.5 Å². The molecule has 2 saturated heterocycles. The van der Waals surface area contributed by atoms with Crippen LogP contribution >= 0.6 is 0 Å². The van der Waals surface area contributed by atoms with Gasteiger partial charge in [0.05, 0.1) is 36.4 Å². The Morgan fingerprint density at radius 1 is 0.953 bits per heavy atom. The Morgan fingerprint density at radius 3 is 2.35 bits per heavy atom. The minimum absolute atomic E-state index is 0.102. The van der Waals surface area contributed by atoms with Crippen molar-refractivity contribution in [2.45, 2.75) is 51.7 Å². The second kappa shape index (κ2) is 13.0. The van der Waals surface area contributed by atoms with Crippen molar-refractivity contribution in [3.8, 4) is 11.4 Å². The van der Waals surface area contributed by atoms with Gasteiger partial charge in [-0.3, -0.25) is 0 Å². The van der Waals surface area contributed by atoms with E-state index >= 15 is 4.39 Å². The fourth-order valence-corrected chi connectivity index (χ4v) is 5.59. The molecular weight excluding hydrogens is 555 g/mol. The molecule has 2 aromatic heterocycles. The number of aromatic nitrogens is 6. The molecule has 2 aliphatic heterocycles. The van der Waals surface area contributed by atoms with Gasteiger partial charge in [-0.15, -0.1) is 0 Å². The number of ether oxygens (including phenoxy) is 3. The highest BCUT2D eigenvalue weighted by atomic mass is 19.1. The Kier molecular flexibility index (Phi) is 8.70. The second-order valence-electron chi connectivity index (χ2n) is 10.7. The normalized spacial score (nSPS) is 19.0. The van der Waals surface area contributed by atoms with Crippen LogP contribution in [0.3, 0.4) is 0 Å². The van der Waals surface area contributed by atoms with Gasteiger partial charge in [-0.2, -0.15) is 20.1 Å². The third-order valence-electron chi connectivity index (χ3n) is 8.04. The third kappa shape index (κ3) is 6.42. The molecule has 1 unspecified atom stereocenters. The zero-order valence-corrected chi connectivity index (χ0v) is 24.5. The lowest BCUT2D eigenvalue weighted by molar-refractivity contribution is -0.0765. The van der Waals surface area contributed by atoms with E-state index in [0.29, 0.717) is 37.7 Å². The lowest BCUT2D eigenvalue weighted by Gasteiger charge is -2.37. The molecule has 43 heavy (non-hydrogen) atoms. The zero-order valence-electron chi connectivity index (χ0n) is 24.5. The number of rotatable bonds is 11. The maximum Gasteiger partial charge on any atom is 0.350 e. The highest BCUT2D eigenvalue weighted by molar-refractivity contribution is 5.55. The Bertz CT molecular complexity index is 1530. The van der Waals surface area contributed by atoms with E-state index in [-0.39, 0.29) is 30.3 Å². The number of nitrogens with zero attached hydrogens (tertiary/aromatic N) is 8. The first-order valence-electron chi connectivity index (χ1n) is 14.8. The number of hydrogen-bond donors (Lipinski definition) is 0. The first-order chi connectivity index (χ1) is 21.0. The third-order valence-corrected chi connectivity index (χ3v) is 8.04. The van der Waals surface area contributed by atoms with E-state index < -0.39 is 6.29 Å². The molecule has 0 spiro atoms. The van der Waals surface area contributed by atoms with E-state index in [2.05, 4.69) is 38.9 Å². The maximum atomic E-state index is 15.1. The van der Waals surface area contributed by atoms with E-state index in [0.717, 1.165) is 37.3 Å². The predicted octanol–water partition coefficient (Wildman–Crippen LogP) is 3.27.